The number of rotatable bonds is 7. The molecule has 1 aliphatic heterocycles. The first-order valence-electron chi connectivity index (χ1n) is 9.81. The molecular weight excluding hydrogens is 520 g/mol. The largest absolute Gasteiger partial charge is 0.325 e. The van der Waals surface area contributed by atoms with Gasteiger partial charge in [-0.1, -0.05) is 15.9 Å². The summed E-state index contributed by atoms with van der Waals surface area (Å²) < 4.78 is 53.9. The van der Waals surface area contributed by atoms with Crippen LogP contribution in [0.2, 0.25) is 0 Å². The average molecular weight is 545 g/mol. The van der Waals surface area contributed by atoms with Gasteiger partial charge >= 0.3 is 0 Å². The number of amides is 1. The highest BCUT2D eigenvalue weighted by molar-refractivity contribution is 9.10. The third-order valence-corrected chi connectivity index (χ3v) is 9.39. The van der Waals surface area contributed by atoms with E-state index < -0.39 is 26.0 Å². The lowest BCUT2D eigenvalue weighted by atomic mass is 10.3. The molecular formula is C20H25BrN4O5S2. The Morgan fingerprint density at radius 2 is 1.47 bits per heavy atom. The van der Waals surface area contributed by atoms with E-state index in [0.717, 1.165) is 8.78 Å². The van der Waals surface area contributed by atoms with Crippen LogP contribution in [0.1, 0.15) is 0 Å². The predicted octanol–water partition coefficient (Wildman–Crippen LogP) is 1.64. The van der Waals surface area contributed by atoms with Gasteiger partial charge in [0.05, 0.1) is 16.3 Å². The number of sulfonamides is 2. The SMILES string of the molecule is CN1CCN(S(=O)(=O)c2ccc(NC(=O)CN(C)S(=O)(=O)c3ccc(Br)cc3)cc2)CC1. The fourth-order valence-electron chi connectivity index (χ4n) is 3.16. The summed E-state index contributed by atoms with van der Waals surface area (Å²) >= 11 is 3.25. The topological polar surface area (TPSA) is 107 Å². The lowest BCUT2D eigenvalue weighted by Crippen LogP contribution is -2.46. The number of likely N-dealkylation sites (N-methyl/N-ethyl adjacent to an activating group) is 2. The predicted molar refractivity (Wildman–Crippen MR) is 125 cm³/mol. The van der Waals surface area contributed by atoms with Crippen LogP contribution in [0.15, 0.2) is 62.8 Å². The van der Waals surface area contributed by atoms with E-state index in [0.29, 0.717) is 31.9 Å². The van der Waals surface area contributed by atoms with Crippen LogP contribution < -0.4 is 5.32 Å². The minimum Gasteiger partial charge on any atom is -0.325 e. The van der Waals surface area contributed by atoms with Crippen LogP contribution in [-0.4, -0.2) is 83.1 Å². The number of hydrogen-bond acceptors (Lipinski definition) is 6. The van der Waals surface area contributed by atoms with E-state index in [1.54, 1.807) is 12.1 Å². The van der Waals surface area contributed by atoms with Gasteiger partial charge in [0.25, 0.3) is 0 Å². The van der Waals surface area contributed by atoms with Crippen LogP contribution in [0.5, 0.6) is 0 Å². The van der Waals surface area contributed by atoms with Crippen LogP contribution in [0.4, 0.5) is 5.69 Å². The Balaban J connectivity index is 1.62. The summed E-state index contributed by atoms with van der Waals surface area (Å²) in [5, 5.41) is 2.60. The van der Waals surface area contributed by atoms with Gasteiger partial charge in [0.1, 0.15) is 0 Å². The Labute approximate surface area is 197 Å². The van der Waals surface area contributed by atoms with Gasteiger partial charge in [-0.05, 0) is 55.6 Å². The molecule has 3 rings (SSSR count). The summed E-state index contributed by atoms with van der Waals surface area (Å²) in [5.41, 5.74) is 0.377. The number of hydrogen-bond donors (Lipinski definition) is 1. The third kappa shape index (κ3) is 5.74. The standard InChI is InChI=1S/C20H25BrN4O5S2/c1-23-11-13-25(14-12-23)32(29,30)19-9-5-17(6-10-19)22-20(26)15-24(2)31(27,28)18-7-3-16(21)4-8-18/h3-10H,11-15H2,1-2H3,(H,22,26). The van der Waals surface area contributed by atoms with Gasteiger partial charge < -0.3 is 10.2 Å². The Bertz CT molecular complexity index is 1160. The molecule has 0 aliphatic carbocycles. The van der Waals surface area contributed by atoms with Crippen LogP contribution in [0.25, 0.3) is 0 Å². The summed E-state index contributed by atoms with van der Waals surface area (Å²) in [6, 6.07) is 12.0. The third-order valence-electron chi connectivity index (χ3n) is 5.13. The van der Waals surface area contributed by atoms with Crippen molar-refractivity contribution in [1.29, 1.82) is 0 Å². The molecule has 174 valence electrons. The van der Waals surface area contributed by atoms with Crippen molar-refractivity contribution >= 4 is 47.6 Å². The molecule has 0 atom stereocenters. The van der Waals surface area contributed by atoms with Gasteiger partial charge in [-0.15, -0.1) is 0 Å². The number of piperazine rings is 1. The van der Waals surface area contributed by atoms with Crippen molar-refractivity contribution in [2.45, 2.75) is 9.79 Å². The maximum absolute atomic E-state index is 12.8. The van der Waals surface area contributed by atoms with E-state index in [1.165, 1.54) is 47.8 Å². The van der Waals surface area contributed by atoms with Gasteiger partial charge in [0.2, 0.25) is 26.0 Å². The van der Waals surface area contributed by atoms with Crippen molar-refractivity contribution in [3.8, 4) is 0 Å². The van der Waals surface area contributed by atoms with Crippen molar-refractivity contribution in [1.82, 2.24) is 13.5 Å². The van der Waals surface area contributed by atoms with Crippen molar-refractivity contribution in [3.05, 3.63) is 53.0 Å². The summed E-state index contributed by atoms with van der Waals surface area (Å²) in [7, 11) is -4.15. The summed E-state index contributed by atoms with van der Waals surface area (Å²) in [6.07, 6.45) is 0. The van der Waals surface area contributed by atoms with E-state index in [9.17, 15) is 21.6 Å². The summed E-state index contributed by atoms with van der Waals surface area (Å²) in [6.45, 7) is 1.81. The lowest BCUT2D eigenvalue weighted by molar-refractivity contribution is -0.116. The number of carbonyl (C=O) groups excluding carboxylic acids is 1. The number of halogens is 1. The van der Waals surface area contributed by atoms with Crippen LogP contribution in [0.3, 0.4) is 0 Å². The number of benzene rings is 2. The maximum Gasteiger partial charge on any atom is 0.243 e. The van der Waals surface area contributed by atoms with Crippen molar-refractivity contribution in [2.24, 2.45) is 0 Å². The van der Waals surface area contributed by atoms with Gasteiger partial charge in [-0.3, -0.25) is 4.79 Å². The molecule has 0 radical (unpaired) electrons. The number of anilines is 1. The molecule has 1 amide bonds. The first-order valence-corrected chi connectivity index (χ1v) is 13.5. The van der Waals surface area contributed by atoms with E-state index in [2.05, 4.69) is 26.1 Å². The molecule has 1 fully saturated rings. The second kappa shape index (κ2) is 9.98. The molecule has 1 heterocycles. The molecule has 1 N–H and O–H groups in total. The zero-order valence-electron chi connectivity index (χ0n) is 17.7. The van der Waals surface area contributed by atoms with Gasteiger partial charge in [-0.2, -0.15) is 8.61 Å². The molecule has 0 unspecified atom stereocenters. The van der Waals surface area contributed by atoms with Crippen LogP contribution >= 0.6 is 15.9 Å². The smallest absolute Gasteiger partial charge is 0.243 e. The zero-order valence-corrected chi connectivity index (χ0v) is 21.0. The molecule has 1 aliphatic rings. The van der Waals surface area contributed by atoms with Crippen molar-refractivity contribution in [2.75, 3.05) is 52.1 Å². The first kappa shape index (κ1) is 24.8. The number of nitrogens with one attached hydrogen (secondary N) is 1. The van der Waals surface area contributed by atoms with E-state index in [1.807, 2.05) is 7.05 Å². The monoisotopic (exact) mass is 544 g/mol. The first-order chi connectivity index (χ1) is 15.0. The second-order valence-electron chi connectivity index (χ2n) is 7.49. The molecule has 9 nitrogen and oxygen atoms in total. The fourth-order valence-corrected chi connectivity index (χ4v) is 5.98. The normalized spacial score (nSPS) is 16.2. The molecule has 1 saturated heterocycles. The summed E-state index contributed by atoms with van der Waals surface area (Å²) in [5.74, 6) is -0.539. The Hall–Kier alpha value is -1.83. The molecule has 32 heavy (non-hydrogen) atoms. The Kier molecular flexibility index (Phi) is 7.73. The maximum atomic E-state index is 12.8. The van der Waals surface area contributed by atoms with E-state index >= 15 is 0 Å². The molecule has 0 saturated carbocycles. The minimum atomic E-state index is -3.82. The van der Waals surface area contributed by atoms with Crippen molar-refractivity contribution in [3.63, 3.8) is 0 Å². The summed E-state index contributed by atoms with van der Waals surface area (Å²) in [4.78, 5) is 14.7. The van der Waals surface area contributed by atoms with E-state index in [4.69, 9.17) is 0 Å². The van der Waals surface area contributed by atoms with Crippen LogP contribution in [-0.2, 0) is 24.8 Å². The number of nitrogens with zero attached hydrogens (tertiary/aromatic N) is 3. The highest BCUT2D eigenvalue weighted by Gasteiger charge is 2.27. The fraction of sp³-hybridized carbons (Fsp3) is 0.350. The Morgan fingerprint density at radius 3 is 2.03 bits per heavy atom. The molecule has 0 aromatic heterocycles. The van der Waals surface area contributed by atoms with Gasteiger partial charge in [-0.25, -0.2) is 16.8 Å². The molecule has 2 aromatic rings. The average Bonchev–Trinajstić information content (AvgIpc) is 2.74. The molecule has 2 aromatic carbocycles. The zero-order chi connectivity index (χ0) is 23.5. The highest BCUT2D eigenvalue weighted by atomic mass is 79.9. The second-order valence-corrected chi connectivity index (χ2v) is 12.4. The minimum absolute atomic E-state index is 0.0782. The van der Waals surface area contributed by atoms with Crippen molar-refractivity contribution < 1.29 is 21.6 Å². The molecule has 0 spiro atoms. The lowest BCUT2D eigenvalue weighted by Gasteiger charge is -2.31. The quantitative estimate of drug-likeness (QED) is 0.567. The number of carbonyl (C=O) groups is 1. The van der Waals surface area contributed by atoms with Gasteiger partial charge in [0, 0.05) is 43.4 Å². The highest BCUT2D eigenvalue weighted by Crippen LogP contribution is 2.20. The van der Waals surface area contributed by atoms with Crippen LogP contribution in [0, 0.1) is 0 Å². The van der Waals surface area contributed by atoms with E-state index in [-0.39, 0.29) is 16.3 Å². The Morgan fingerprint density at radius 1 is 0.938 bits per heavy atom. The molecule has 12 heteroatoms. The van der Waals surface area contributed by atoms with Gasteiger partial charge in [0.15, 0.2) is 0 Å². The molecule has 0 bridgehead atoms.